The summed E-state index contributed by atoms with van der Waals surface area (Å²) in [4.78, 5) is 12.3. The summed E-state index contributed by atoms with van der Waals surface area (Å²) in [5.74, 6) is -0.848. The maximum Gasteiger partial charge on any atom is 0.331 e. The van der Waals surface area contributed by atoms with E-state index in [1.807, 2.05) is 25.9 Å². The van der Waals surface area contributed by atoms with Crippen molar-refractivity contribution in [2.24, 2.45) is 0 Å². The van der Waals surface area contributed by atoms with Crippen molar-refractivity contribution >= 4 is 18.4 Å². The van der Waals surface area contributed by atoms with Crippen LogP contribution in [-0.4, -0.2) is 36.1 Å². The number of hydrogen-bond donors (Lipinski definition) is 2. The highest BCUT2D eigenvalue weighted by Gasteiger charge is 2.04. The largest absolute Gasteiger partial charge is 0.478 e. The Kier molecular flexibility index (Phi) is 11.3. The molecule has 5 heteroatoms. The van der Waals surface area contributed by atoms with Crippen LogP contribution in [0.2, 0.25) is 0 Å². The fraction of sp³-hybridized carbons (Fsp3) is 0.625. The quantitative estimate of drug-likeness (QED) is 0.694. The molecule has 0 bridgehead atoms. The molecule has 4 nitrogen and oxygen atoms in total. The van der Waals surface area contributed by atoms with Crippen LogP contribution in [0.5, 0.6) is 0 Å². The molecule has 0 heterocycles. The van der Waals surface area contributed by atoms with Crippen molar-refractivity contribution in [3.8, 4) is 0 Å². The molecule has 0 aliphatic rings. The number of nitrogens with zero attached hydrogens (tertiary/aromatic N) is 1. The fourth-order valence-electron chi connectivity index (χ4n) is 0.582. The summed E-state index contributed by atoms with van der Waals surface area (Å²) in [6, 6.07) is 0.172. The third-order valence-electron chi connectivity index (χ3n) is 1.64. The Hall–Kier alpha value is -0.580. The molecule has 0 aromatic rings. The van der Waals surface area contributed by atoms with Crippen LogP contribution < -0.4 is 6.15 Å². The lowest BCUT2D eigenvalue weighted by Crippen LogP contribution is -2.23. The highest BCUT2D eigenvalue weighted by molar-refractivity contribution is 5.86. The third-order valence-corrected chi connectivity index (χ3v) is 1.64. The van der Waals surface area contributed by atoms with Gasteiger partial charge in [0.2, 0.25) is 0 Å². The van der Waals surface area contributed by atoms with Crippen molar-refractivity contribution in [2.45, 2.75) is 19.9 Å². The Morgan fingerprint density at radius 2 is 1.85 bits per heavy atom. The van der Waals surface area contributed by atoms with E-state index in [1.165, 1.54) is 0 Å². The summed E-state index contributed by atoms with van der Waals surface area (Å²) in [7, 11) is 3.83. The van der Waals surface area contributed by atoms with E-state index in [0.717, 1.165) is 0 Å². The lowest BCUT2D eigenvalue weighted by Gasteiger charge is -2.15. The molecule has 0 aromatic carbocycles. The van der Waals surface area contributed by atoms with Crippen LogP contribution in [0.3, 0.4) is 0 Å². The minimum atomic E-state index is -0.848. The van der Waals surface area contributed by atoms with Crippen molar-refractivity contribution in [3.63, 3.8) is 0 Å². The lowest BCUT2D eigenvalue weighted by molar-refractivity contribution is -0.132. The molecule has 0 amide bonds. The molecule has 0 saturated heterocycles. The Labute approximate surface area is 85.6 Å². The van der Waals surface area contributed by atoms with Crippen molar-refractivity contribution in [2.75, 3.05) is 14.1 Å². The van der Waals surface area contributed by atoms with E-state index in [4.69, 9.17) is 5.11 Å². The maximum atomic E-state index is 10.4. The first-order valence-corrected chi connectivity index (χ1v) is 3.53. The van der Waals surface area contributed by atoms with Crippen molar-refractivity contribution in [1.82, 2.24) is 11.1 Å². The van der Waals surface area contributed by atoms with E-state index >= 15 is 0 Å². The molecular formula is C8H19ClN2O2. The molecular weight excluding hydrogens is 192 g/mol. The SMILES string of the molecule is CC(=CC(C)N(C)C)C(=O)O.Cl.N. The van der Waals surface area contributed by atoms with Crippen molar-refractivity contribution in [1.29, 1.82) is 0 Å². The van der Waals surface area contributed by atoms with Gasteiger partial charge in [-0.05, 0) is 27.9 Å². The van der Waals surface area contributed by atoms with Gasteiger partial charge in [0.25, 0.3) is 0 Å². The van der Waals surface area contributed by atoms with E-state index in [-0.39, 0.29) is 24.6 Å². The van der Waals surface area contributed by atoms with Crippen LogP contribution in [0.4, 0.5) is 0 Å². The first kappa shape index (κ1) is 18.3. The average molecular weight is 211 g/mol. The van der Waals surface area contributed by atoms with Gasteiger partial charge in [0.15, 0.2) is 0 Å². The van der Waals surface area contributed by atoms with Crippen LogP contribution in [0.25, 0.3) is 0 Å². The zero-order chi connectivity index (χ0) is 9.02. The van der Waals surface area contributed by atoms with E-state index in [9.17, 15) is 4.79 Å². The summed E-state index contributed by atoms with van der Waals surface area (Å²) in [6.07, 6.45) is 1.72. The highest BCUT2D eigenvalue weighted by Crippen LogP contribution is 1.99. The molecule has 1 unspecified atom stereocenters. The minimum absolute atomic E-state index is 0. The predicted molar refractivity (Wildman–Crippen MR) is 56.8 cm³/mol. The number of rotatable bonds is 3. The zero-order valence-electron chi connectivity index (χ0n) is 8.57. The van der Waals surface area contributed by atoms with Gasteiger partial charge in [-0.2, -0.15) is 0 Å². The zero-order valence-corrected chi connectivity index (χ0v) is 9.39. The van der Waals surface area contributed by atoms with Crippen LogP contribution in [0.1, 0.15) is 13.8 Å². The van der Waals surface area contributed by atoms with Crippen LogP contribution >= 0.6 is 12.4 Å². The number of aliphatic carboxylic acids is 1. The van der Waals surface area contributed by atoms with Crippen LogP contribution in [-0.2, 0) is 4.79 Å². The Balaban J connectivity index is -0.000000500. The van der Waals surface area contributed by atoms with Gasteiger partial charge >= 0.3 is 5.97 Å². The van der Waals surface area contributed by atoms with Gasteiger partial charge in [-0.15, -0.1) is 12.4 Å². The second kappa shape index (κ2) is 8.04. The van der Waals surface area contributed by atoms with E-state index in [0.29, 0.717) is 5.57 Å². The number of hydrogen-bond acceptors (Lipinski definition) is 3. The minimum Gasteiger partial charge on any atom is -0.478 e. The second-order valence-electron chi connectivity index (χ2n) is 2.86. The maximum absolute atomic E-state index is 10.4. The summed E-state index contributed by atoms with van der Waals surface area (Å²) in [5, 5.41) is 8.53. The topological polar surface area (TPSA) is 75.5 Å². The normalized spacial score (nSPS) is 12.8. The van der Waals surface area contributed by atoms with Gasteiger partial charge in [-0.3, -0.25) is 0 Å². The van der Waals surface area contributed by atoms with E-state index < -0.39 is 5.97 Å². The first-order valence-electron chi connectivity index (χ1n) is 3.53. The Morgan fingerprint density at radius 3 is 2.08 bits per heavy atom. The number of carboxylic acid groups (broad SMARTS) is 1. The summed E-state index contributed by atoms with van der Waals surface area (Å²) in [5.41, 5.74) is 0.395. The van der Waals surface area contributed by atoms with Gasteiger partial charge < -0.3 is 16.2 Å². The molecule has 13 heavy (non-hydrogen) atoms. The summed E-state index contributed by atoms with van der Waals surface area (Å²) in [6.45, 7) is 3.55. The molecule has 0 aromatic heterocycles. The van der Waals surface area contributed by atoms with Crippen molar-refractivity contribution in [3.05, 3.63) is 11.6 Å². The van der Waals surface area contributed by atoms with Crippen molar-refractivity contribution < 1.29 is 9.90 Å². The van der Waals surface area contributed by atoms with Gasteiger partial charge in [-0.1, -0.05) is 6.08 Å². The van der Waals surface area contributed by atoms with Gasteiger partial charge in [0, 0.05) is 11.6 Å². The molecule has 0 radical (unpaired) electrons. The number of carbonyl (C=O) groups is 1. The molecule has 80 valence electrons. The molecule has 0 aliphatic heterocycles. The first-order chi connectivity index (χ1) is 4.95. The lowest BCUT2D eigenvalue weighted by atomic mass is 10.2. The van der Waals surface area contributed by atoms with Crippen LogP contribution in [0, 0.1) is 0 Å². The molecule has 0 fully saturated rings. The molecule has 4 N–H and O–H groups in total. The number of carboxylic acids is 1. The molecule has 0 spiro atoms. The van der Waals surface area contributed by atoms with Gasteiger partial charge in [0.1, 0.15) is 0 Å². The third kappa shape index (κ3) is 7.77. The smallest absolute Gasteiger partial charge is 0.331 e. The van der Waals surface area contributed by atoms with Gasteiger partial charge in [-0.25, -0.2) is 4.79 Å². The summed E-state index contributed by atoms with van der Waals surface area (Å²) >= 11 is 0. The molecule has 0 saturated carbocycles. The van der Waals surface area contributed by atoms with Crippen LogP contribution in [0.15, 0.2) is 11.6 Å². The predicted octanol–water partition coefficient (Wildman–Crippen LogP) is 1.55. The number of halogens is 1. The fourth-order valence-corrected chi connectivity index (χ4v) is 0.582. The van der Waals surface area contributed by atoms with Gasteiger partial charge in [0.05, 0.1) is 0 Å². The molecule has 1 atom stereocenters. The summed E-state index contributed by atoms with van der Waals surface area (Å²) < 4.78 is 0. The Bertz CT molecular complexity index is 181. The molecule has 0 rings (SSSR count). The van der Waals surface area contributed by atoms with E-state index in [2.05, 4.69) is 0 Å². The number of likely N-dealkylation sites (N-methyl/N-ethyl adjacent to an activating group) is 1. The molecule has 0 aliphatic carbocycles. The second-order valence-corrected chi connectivity index (χ2v) is 2.86. The van der Waals surface area contributed by atoms with E-state index in [1.54, 1.807) is 13.0 Å². The standard InChI is InChI=1S/C8H15NO2.ClH.H3N/c1-6(8(10)11)5-7(2)9(3)4;;/h5,7H,1-4H3,(H,10,11);1H;1H3. The Morgan fingerprint density at radius 1 is 1.46 bits per heavy atom. The monoisotopic (exact) mass is 210 g/mol. The highest BCUT2D eigenvalue weighted by atomic mass is 35.5. The average Bonchev–Trinajstić information content (AvgIpc) is 1.87.